The first-order chi connectivity index (χ1) is 22.5. The van der Waals surface area contributed by atoms with Crippen LogP contribution in [0.4, 0.5) is 5.69 Å². The molecule has 11 heteroatoms. The normalized spacial score (nSPS) is 14.0. The van der Waals surface area contributed by atoms with E-state index in [0.717, 1.165) is 41.1 Å². The summed E-state index contributed by atoms with van der Waals surface area (Å²) in [5.41, 5.74) is 2.29. The summed E-state index contributed by atoms with van der Waals surface area (Å²) >= 11 is 19.8. The number of benzene rings is 4. The molecule has 7 nitrogen and oxygen atoms in total. The molecule has 1 unspecified atom stereocenters. The summed E-state index contributed by atoms with van der Waals surface area (Å²) in [7, 11) is -4.29. The maximum absolute atomic E-state index is 14.7. The topological polar surface area (TPSA) is 86.8 Å². The Hall–Kier alpha value is -3.56. The molecular formula is C36H36Cl3N3O4S. The lowest BCUT2D eigenvalue weighted by Crippen LogP contribution is -2.54. The Morgan fingerprint density at radius 3 is 2.04 bits per heavy atom. The van der Waals surface area contributed by atoms with Gasteiger partial charge < -0.3 is 10.2 Å². The molecule has 246 valence electrons. The van der Waals surface area contributed by atoms with Gasteiger partial charge >= 0.3 is 0 Å². The van der Waals surface area contributed by atoms with Gasteiger partial charge in [-0.15, -0.1) is 0 Å². The maximum atomic E-state index is 14.7. The second-order valence-corrected chi connectivity index (χ2v) is 14.8. The number of sulfonamides is 1. The third-order valence-electron chi connectivity index (χ3n) is 8.37. The SMILES string of the molecule is Cc1ccc(S(=O)(=O)N(CC(=O)N(Cc2c(Cl)cccc2Cl)C(Cc2ccccc2)C(=O)NC2CCCC2)c2ccccc2Cl)cc1. The first-order valence-electron chi connectivity index (χ1n) is 15.4. The molecular weight excluding hydrogens is 677 g/mol. The van der Waals surface area contributed by atoms with Crippen LogP contribution in [0.3, 0.4) is 0 Å². The number of para-hydroxylation sites is 1. The molecule has 0 spiro atoms. The molecule has 0 aromatic heterocycles. The van der Waals surface area contributed by atoms with Gasteiger partial charge in [0.25, 0.3) is 10.0 Å². The number of nitrogens with zero attached hydrogens (tertiary/aromatic N) is 2. The molecule has 5 rings (SSSR count). The van der Waals surface area contributed by atoms with E-state index in [0.29, 0.717) is 15.6 Å². The van der Waals surface area contributed by atoms with E-state index in [4.69, 9.17) is 34.8 Å². The zero-order chi connectivity index (χ0) is 33.6. The van der Waals surface area contributed by atoms with Gasteiger partial charge in [-0.3, -0.25) is 13.9 Å². The highest BCUT2D eigenvalue weighted by molar-refractivity contribution is 7.92. The van der Waals surface area contributed by atoms with Crippen molar-refractivity contribution in [2.24, 2.45) is 0 Å². The van der Waals surface area contributed by atoms with Crippen molar-refractivity contribution in [1.29, 1.82) is 0 Å². The number of hydrogen-bond donors (Lipinski definition) is 1. The average Bonchev–Trinajstić information content (AvgIpc) is 3.57. The van der Waals surface area contributed by atoms with E-state index >= 15 is 0 Å². The quantitative estimate of drug-likeness (QED) is 0.162. The van der Waals surface area contributed by atoms with Gasteiger partial charge in [0.05, 0.1) is 15.6 Å². The van der Waals surface area contributed by atoms with Crippen LogP contribution >= 0.6 is 34.8 Å². The summed E-state index contributed by atoms with van der Waals surface area (Å²) in [5.74, 6) is -0.956. The van der Waals surface area contributed by atoms with E-state index in [2.05, 4.69) is 5.32 Å². The lowest BCUT2D eigenvalue weighted by Gasteiger charge is -2.35. The van der Waals surface area contributed by atoms with Crippen LogP contribution in [-0.4, -0.2) is 43.8 Å². The van der Waals surface area contributed by atoms with Crippen LogP contribution in [0.25, 0.3) is 0 Å². The highest BCUT2D eigenvalue weighted by Crippen LogP contribution is 2.32. The highest BCUT2D eigenvalue weighted by atomic mass is 35.5. The molecule has 0 bridgehead atoms. The number of amides is 2. The summed E-state index contributed by atoms with van der Waals surface area (Å²) in [4.78, 5) is 30.2. The van der Waals surface area contributed by atoms with E-state index in [1.165, 1.54) is 17.0 Å². The smallest absolute Gasteiger partial charge is 0.264 e. The largest absolute Gasteiger partial charge is 0.352 e. The third kappa shape index (κ3) is 8.49. The van der Waals surface area contributed by atoms with Crippen molar-refractivity contribution in [3.8, 4) is 0 Å². The van der Waals surface area contributed by atoms with E-state index in [1.807, 2.05) is 37.3 Å². The standard InChI is InChI=1S/C36H36Cl3N3O4S/c1-25-18-20-28(21-19-25)47(45,46)42(33-17-8-7-14-32(33)39)24-35(43)41(23-29-30(37)15-9-16-31(29)38)34(22-26-10-3-2-4-11-26)36(44)40-27-12-5-6-13-27/h2-4,7-11,14-21,27,34H,5-6,12-13,22-24H2,1H3,(H,40,44). The lowest BCUT2D eigenvalue weighted by atomic mass is 10.0. The monoisotopic (exact) mass is 711 g/mol. The van der Waals surface area contributed by atoms with Crippen molar-refractivity contribution >= 4 is 62.3 Å². The van der Waals surface area contributed by atoms with Gasteiger partial charge in [-0.05, 0) is 61.7 Å². The Labute approximate surface area is 291 Å². The van der Waals surface area contributed by atoms with E-state index < -0.39 is 28.5 Å². The molecule has 1 atom stereocenters. The molecule has 1 N–H and O–H groups in total. The number of nitrogens with one attached hydrogen (secondary N) is 1. The predicted octanol–water partition coefficient (Wildman–Crippen LogP) is 7.85. The van der Waals surface area contributed by atoms with Crippen LogP contribution in [0.5, 0.6) is 0 Å². The van der Waals surface area contributed by atoms with Gasteiger partial charge in [0.15, 0.2) is 0 Å². The van der Waals surface area contributed by atoms with Crippen molar-refractivity contribution < 1.29 is 18.0 Å². The van der Waals surface area contributed by atoms with Crippen LogP contribution in [-0.2, 0) is 32.6 Å². The fraction of sp³-hybridized carbons (Fsp3) is 0.278. The summed E-state index contributed by atoms with van der Waals surface area (Å²) in [6.07, 6.45) is 3.90. The molecule has 0 heterocycles. The van der Waals surface area contributed by atoms with Gasteiger partial charge in [-0.2, -0.15) is 0 Å². The highest BCUT2D eigenvalue weighted by Gasteiger charge is 2.36. The third-order valence-corrected chi connectivity index (χ3v) is 11.2. The Kier molecular flexibility index (Phi) is 11.5. The van der Waals surface area contributed by atoms with Gasteiger partial charge in [-0.25, -0.2) is 8.42 Å². The second-order valence-electron chi connectivity index (χ2n) is 11.7. The molecule has 1 aliphatic carbocycles. The average molecular weight is 713 g/mol. The molecule has 4 aromatic rings. The van der Waals surface area contributed by atoms with Crippen LogP contribution in [0.1, 0.15) is 42.4 Å². The zero-order valence-electron chi connectivity index (χ0n) is 25.9. The van der Waals surface area contributed by atoms with Gasteiger partial charge in [0, 0.05) is 34.6 Å². The van der Waals surface area contributed by atoms with Crippen molar-refractivity contribution in [1.82, 2.24) is 10.2 Å². The molecule has 0 aliphatic heterocycles. The van der Waals surface area contributed by atoms with Crippen molar-refractivity contribution in [3.05, 3.63) is 129 Å². The molecule has 4 aromatic carbocycles. The molecule has 1 fully saturated rings. The second kappa shape index (κ2) is 15.6. The summed E-state index contributed by atoms with van der Waals surface area (Å²) in [6, 6.07) is 26.2. The Bertz CT molecular complexity index is 1790. The minimum atomic E-state index is -4.29. The van der Waals surface area contributed by atoms with E-state index in [9.17, 15) is 18.0 Å². The number of anilines is 1. The van der Waals surface area contributed by atoms with Crippen molar-refractivity contribution in [2.45, 2.75) is 62.6 Å². The first kappa shape index (κ1) is 34.8. The number of rotatable bonds is 12. The number of aryl methyl sites for hydroxylation is 1. The number of halogens is 3. The first-order valence-corrected chi connectivity index (χ1v) is 18.0. The molecule has 47 heavy (non-hydrogen) atoms. The Morgan fingerprint density at radius 2 is 1.40 bits per heavy atom. The van der Waals surface area contributed by atoms with Gasteiger partial charge in [0.2, 0.25) is 11.8 Å². The van der Waals surface area contributed by atoms with Crippen molar-refractivity contribution in [3.63, 3.8) is 0 Å². The fourth-order valence-electron chi connectivity index (χ4n) is 5.78. The van der Waals surface area contributed by atoms with Crippen LogP contribution in [0.2, 0.25) is 15.1 Å². The van der Waals surface area contributed by atoms with Crippen LogP contribution in [0.15, 0.2) is 102 Å². The van der Waals surface area contributed by atoms with E-state index in [1.54, 1.807) is 54.6 Å². The Morgan fingerprint density at radius 1 is 0.809 bits per heavy atom. The van der Waals surface area contributed by atoms with Crippen molar-refractivity contribution in [2.75, 3.05) is 10.8 Å². The summed E-state index contributed by atoms with van der Waals surface area (Å²) in [6.45, 7) is 1.09. The summed E-state index contributed by atoms with van der Waals surface area (Å²) < 4.78 is 29.4. The van der Waals surface area contributed by atoms with Gasteiger partial charge in [-0.1, -0.05) is 114 Å². The fourth-order valence-corrected chi connectivity index (χ4v) is 8.02. The number of carbonyl (C=O) groups is 2. The molecule has 1 saturated carbocycles. The maximum Gasteiger partial charge on any atom is 0.264 e. The number of hydrogen-bond acceptors (Lipinski definition) is 4. The van der Waals surface area contributed by atoms with Crippen LogP contribution < -0.4 is 9.62 Å². The zero-order valence-corrected chi connectivity index (χ0v) is 29.0. The lowest BCUT2D eigenvalue weighted by molar-refractivity contribution is -0.140. The molecule has 0 radical (unpaired) electrons. The molecule has 1 aliphatic rings. The van der Waals surface area contributed by atoms with Gasteiger partial charge in [0.1, 0.15) is 12.6 Å². The van der Waals surface area contributed by atoms with E-state index in [-0.39, 0.29) is 40.5 Å². The number of carbonyl (C=O) groups excluding carboxylic acids is 2. The minimum absolute atomic E-state index is 0.00340. The molecule has 0 saturated heterocycles. The van der Waals surface area contributed by atoms with Crippen LogP contribution in [0, 0.1) is 6.92 Å². The summed E-state index contributed by atoms with van der Waals surface area (Å²) in [5, 5.41) is 3.94. The Balaban J connectivity index is 1.60. The molecule has 2 amide bonds. The minimum Gasteiger partial charge on any atom is -0.352 e. The predicted molar refractivity (Wildman–Crippen MR) is 189 cm³/mol.